The number of nitrogens with zero attached hydrogens (tertiary/aromatic N) is 2. The van der Waals surface area contributed by atoms with E-state index in [2.05, 4.69) is 24.0 Å². The van der Waals surface area contributed by atoms with Crippen molar-refractivity contribution in [1.29, 1.82) is 0 Å². The Kier molecular flexibility index (Phi) is 6.56. The molecule has 3 aliphatic rings. The van der Waals surface area contributed by atoms with Crippen LogP contribution in [0.25, 0.3) is 11.1 Å². The molecule has 1 atom stereocenters. The Labute approximate surface area is 235 Å². The molecule has 8 heteroatoms. The molecule has 212 valence electrons. The lowest BCUT2D eigenvalue weighted by Crippen LogP contribution is -2.46. The van der Waals surface area contributed by atoms with Gasteiger partial charge >= 0.3 is 0 Å². The number of aromatic amines is 1. The van der Waals surface area contributed by atoms with Crippen molar-refractivity contribution in [3.63, 3.8) is 0 Å². The molecule has 2 aliphatic heterocycles. The molecular weight excluding hydrogens is 506 g/mol. The summed E-state index contributed by atoms with van der Waals surface area (Å²) in [7, 11) is 4.29. The van der Waals surface area contributed by atoms with Crippen LogP contribution in [0.4, 0.5) is 0 Å². The number of ether oxygens (including phenoxy) is 2. The van der Waals surface area contributed by atoms with Crippen molar-refractivity contribution in [2.45, 2.75) is 78.2 Å². The Morgan fingerprint density at radius 1 is 1.05 bits per heavy atom. The molecule has 0 spiro atoms. The van der Waals surface area contributed by atoms with Gasteiger partial charge < -0.3 is 28.7 Å². The fourth-order valence-electron chi connectivity index (χ4n) is 6.99. The van der Waals surface area contributed by atoms with E-state index in [-0.39, 0.29) is 23.9 Å². The number of aryl methyl sites for hydroxylation is 2. The Hall–Kier alpha value is -3.52. The number of nitrogens with one attached hydrogen (secondary N) is 1. The summed E-state index contributed by atoms with van der Waals surface area (Å²) in [5.41, 5.74) is 6.34. The molecule has 0 bridgehead atoms. The van der Waals surface area contributed by atoms with E-state index in [1.54, 1.807) is 17.4 Å². The van der Waals surface area contributed by atoms with Crippen LogP contribution in [0.15, 0.2) is 33.9 Å². The Morgan fingerprint density at radius 3 is 2.42 bits per heavy atom. The first-order chi connectivity index (χ1) is 19.1. The zero-order valence-corrected chi connectivity index (χ0v) is 24.3. The fourth-order valence-corrected chi connectivity index (χ4v) is 6.99. The van der Waals surface area contributed by atoms with E-state index >= 15 is 0 Å². The number of pyridine rings is 1. The monoisotopic (exact) mass is 545 g/mol. The summed E-state index contributed by atoms with van der Waals surface area (Å²) in [5.74, 6) is 0.707. The highest BCUT2D eigenvalue weighted by Gasteiger charge is 2.49. The Balaban J connectivity index is 1.38. The van der Waals surface area contributed by atoms with Gasteiger partial charge in [0.05, 0.1) is 24.6 Å². The molecule has 0 saturated heterocycles. The number of carbonyl (C=O) groups is 1. The smallest absolute Gasteiger partial charge is 0.254 e. The van der Waals surface area contributed by atoms with E-state index in [1.807, 2.05) is 39.8 Å². The summed E-state index contributed by atoms with van der Waals surface area (Å²) in [6, 6.07) is 4.44. The maximum Gasteiger partial charge on any atom is 0.254 e. The fraction of sp³-hybridized carbons (Fsp3) is 0.500. The molecule has 8 nitrogen and oxygen atoms in total. The molecule has 1 aliphatic carbocycles. The van der Waals surface area contributed by atoms with Gasteiger partial charge in [-0.2, -0.15) is 0 Å². The molecule has 2 aromatic heterocycles. The quantitative estimate of drug-likeness (QED) is 0.464. The molecule has 1 saturated carbocycles. The van der Waals surface area contributed by atoms with E-state index in [1.165, 1.54) is 0 Å². The van der Waals surface area contributed by atoms with Crippen LogP contribution in [0.2, 0.25) is 0 Å². The second-order valence-electron chi connectivity index (χ2n) is 12.1. The topological polar surface area (TPSA) is 88.0 Å². The third kappa shape index (κ3) is 4.33. The number of hydrogen-bond acceptors (Lipinski definition) is 6. The van der Waals surface area contributed by atoms with Gasteiger partial charge in [0.2, 0.25) is 0 Å². The van der Waals surface area contributed by atoms with Crippen molar-refractivity contribution in [3.8, 4) is 22.6 Å². The van der Waals surface area contributed by atoms with Crippen LogP contribution in [0.5, 0.6) is 11.5 Å². The first kappa shape index (κ1) is 26.7. The number of carbonyl (C=O) groups excluding carboxylic acids is 1. The average Bonchev–Trinajstić information content (AvgIpc) is 3.56. The predicted molar refractivity (Wildman–Crippen MR) is 153 cm³/mol. The summed E-state index contributed by atoms with van der Waals surface area (Å²) in [6.45, 7) is 8.57. The van der Waals surface area contributed by atoms with Gasteiger partial charge in [-0.15, -0.1) is 0 Å². The predicted octanol–water partition coefficient (Wildman–Crippen LogP) is 5.37. The van der Waals surface area contributed by atoms with Gasteiger partial charge in [0, 0.05) is 53.4 Å². The highest BCUT2D eigenvalue weighted by molar-refractivity contribution is 6.02. The Morgan fingerprint density at radius 2 is 1.77 bits per heavy atom. The number of fused-ring (bicyclic) bond motifs is 2. The molecule has 40 heavy (non-hydrogen) atoms. The van der Waals surface area contributed by atoms with Gasteiger partial charge in [-0.25, -0.2) is 0 Å². The lowest BCUT2D eigenvalue weighted by atomic mass is 9.81. The van der Waals surface area contributed by atoms with E-state index in [4.69, 9.17) is 13.9 Å². The van der Waals surface area contributed by atoms with Gasteiger partial charge in [-0.3, -0.25) is 9.59 Å². The Bertz CT molecular complexity index is 1510. The molecule has 1 aromatic carbocycles. The van der Waals surface area contributed by atoms with Crippen LogP contribution in [-0.2, 0) is 13.0 Å². The summed E-state index contributed by atoms with van der Waals surface area (Å²) in [6.07, 6.45) is 8.24. The molecule has 1 amide bonds. The molecule has 1 fully saturated rings. The largest absolute Gasteiger partial charge is 0.472 e. The molecular formula is C32H39N3O5. The molecule has 6 rings (SSSR count). The molecule has 4 heterocycles. The van der Waals surface area contributed by atoms with Crippen molar-refractivity contribution < 1.29 is 18.7 Å². The molecule has 3 aromatic rings. The second kappa shape index (κ2) is 9.84. The minimum absolute atomic E-state index is 0.0886. The summed E-state index contributed by atoms with van der Waals surface area (Å²) >= 11 is 0. The maximum absolute atomic E-state index is 14.1. The number of aromatic nitrogens is 1. The summed E-state index contributed by atoms with van der Waals surface area (Å²) in [5, 5.41) is 0. The van der Waals surface area contributed by atoms with Crippen molar-refractivity contribution in [2.75, 3.05) is 20.6 Å². The third-order valence-corrected chi connectivity index (χ3v) is 9.32. The number of H-pyrrole nitrogens is 1. The zero-order valence-electron chi connectivity index (χ0n) is 24.3. The summed E-state index contributed by atoms with van der Waals surface area (Å²) in [4.78, 5) is 33.8. The van der Waals surface area contributed by atoms with E-state index in [9.17, 15) is 9.59 Å². The van der Waals surface area contributed by atoms with Crippen LogP contribution < -0.4 is 15.0 Å². The lowest BCUT2D eigenvalue weighted by Gasteiger charge is -2.39. The van der Waals surface area contributed by atoms with E-state index in [0.717, 1.165) is 59.2 Å². The molecule has 0 radical (unpaired) electrons. The van der Waals surface area contributed by atoms with Crippen LogP contribution in [0.1, 0.15) is 70.9 Å². The minimum Gasteiger partial charge on any atom is -0.472 e. The SMILES string of the molecule is Cc1cc(C)c(CN2CCc3c(c(C)c4c(c3-c3ccoc3)OC(C)([C@H]3CC[C@H](N(C)C)CC3)O4)C2=O)c(=O)[nH]1. The number of hydrogen-bond donors (Lipinski definition) is 1. The van der Waals surface area contributed by atoms with Crippen LogP contribution in [0.3, 0.4) is 0 Å². The minimum atomic E-state index is -0.804. The van der Waals surface area contributed by atoms with Crippen molar-refractivity contribution >= 4 is 5.91 Å². The van der Waals surface area contributed by atoms with Gasteiger partial charge in [-0.05, 0) is 90.2 Å². The second-order valence-corrected chi connectivity index (χ2v) is 12.1. The first-order valence-electron chi connectivity index (χ1n) is 14.3. The van der Waals surface area contributed by atoms with Crippen molar-refractivity contribution in [2.24, 2.45) is 5.92 Å². The van der Waals surface area contributed by atoms with E-state index < -0.39 is 5.79 Å². The van der Waals surface area contributed by atoms with Crippen molar-refractivity contribution in [3.05, 3.63) is 68.5 Å². The van der Waals surface area contributed by atoms with Gasteiger partial charge in [-0.1, -0.05) is 0 Å². The normalized spacial score (nSPS) is 24.1. The molecule has 1 unspecified atom stereocenters. The van der Waals surface area contributed by atoms with E-state index in [0.29, 0.717) is 41.6 Å². The average molecular weight is 546 g/mol. The van der Waals surface area contributed by atoms with Crippen molar-refractivity contribution in [1.82, 2.24) is 14.8 Å². The lowest BCUT2D eigenvalue weighted by molar-refractivity contribution is -0.123. The zero-order chi connectivity index (χ0) is 28.3. The maximum atomic E-state index is 14.1. The van der Waals surface area contributed by atoms with Crippen LogP contribution in [-0.4, -0.2) is 53.2 Å². The molecule has 1 N–H and O–H groups in total. The van der Waals surface area contributed by atoms with Gasteiger partial charge in [0.15, 0.2) is 11.5 Å². The first-order valence-corrected chi connectivity index (χ1v) is 14.3. The number of rotatable bonds is 5. The number of benzene rings is 1. The van der Waals surface area contributed by atoms with Crippen LogP contribution in [0, 0.1) is 26.7 Å². The standard InChI is InChI=1S/C32H39N3O5/c1-18-15-19(2)33-30(36)25(18)16-35-13-11-24-26(31(35)37)20(3)28-29(27(24)21-12-14-38-17-21)40-32(4,39-28)22-7-9-23(10-8-22)34(5)6/h12,14-15,17,22-23H,7-11,13,16H2,1-6H3,(H,33,36)/t22-,23-,32?. The van der Waals surface area contributed by atoms with Crippen LogP contribution >= 0.6 is 0 Å². The highest BCUT2D eigenvalue weighted by atomic mass is 16.7. The highest BCUT2D eigenvalue weighted by Crippen LogP contribution is 2.55. The third-order valence-electron chi connectivity index (χ3n) is 9.32. The van der Waals surface area contributed by atoms with Gasteiger partial charge in [0.25, 0.3) is 17.3 Å². The van der Waals surface area contributed by atoms with Gasteiger partial charge in [0.1, 0.15) is 0 Å². The number of furan rings is 1. The number of amides is 1. The summed E-state index contributed by atoms with van der Waals surface area (Å²) < 4.78 is 19.0.